The molecule has 0 saturated carbocycles. The third kappa shape index (κ3) is 9.93. The molecular formula is C27H36O11P2. The lowest BCUT2D eigenvalue weighted by Crippen LogP contribution is -2.53. The van der Waals surface area contributed by atoms with Gasteiger partial charge in [-0.3, -0.25) is 23.2 Å². The van der Waals surface area contributed by atoms with Gasteiger partial charge in [-0.05, 0) is 17.0 Å². The second kappa shape index (κ2) is 14.5. The summed E-state index contributed by atoms with van der Waals surface area (Å²) in [6.07, 6.45) is -3.18. The van der Waals surface area contributed by atoms with E-state index in [1.54, 1.807) is 67.6 Å². The maximum Gasteiger partial charge on any atom is 0.345 e. The fourth-order valence-corrected chi connectivity index (χ4v) is 8.02. The minimum Gasteiger partial charge on any atom is -0.463 e. The molecular weight excluding hydrogens is 562 g/mol. The van der Waals surface area contributed by atoms with Gasteiger partial charge < -0.3 is 28.2 Å². The molecule has 1 heterocycles. The molecule has 1 aliphatic heterocycles. The lowest BCUT2D eigenvalue weighted by Gasteiger charge is -2.44. The zero-order chi connectivity index (χ0) is 29.3. The fourth-order valence-electron chi connectivity index (χ4n) is 4.11. The molecule has 7 atom stereocenters. The van der Waals surface area contributed by atoms with Crippen LogP contribution in [0.4, 0.5) is 0 Å². The van der Waals surface area contributed by atoms with Crippen LogP contribution >= 0.6 is 15.2 Å². The maximum atomic E-state index is 14.1. The highest BCUT2D eigenvalue weighted by molar-refractivity contribution is 7.70. The Morgan fingerprint density at radius 3 is 1.93 bits per heavy atom. The Hall–Kier alpha value is -2.36. The van der Waals surface area contributed by atoms with Gasteiger partial charge in [0, 0.05) is 19.8 Å². The number of rotatable bonds is 13. The predicted octanol–water partition coefficient (Wildman–Crippen LogP) is 5.26. The van der Waals surface area contributed by atoms with Crippen LogP contribution in [0.1, 0.15) is 38.8 Å². The molecule has 0 amide bonds. The van der Waals surface area contributed by atoms with Gasteiger partial charge in [-0.25, -0.2) is 0 Å². The molecule has 1 saturated heterocycles. The van der Waals surface area contributed by atoms with E-state index in [4.69, 9.17) is 27.8 Å². The number of hydrogen-bond acceptors (Lipinski definition) is 10. The number of esters is 2. The first-order valence-corrected chi connectivity index (χ1v) is 16.3. The highest BCUT2D eigenvalue weighted by atomic mass is 31.2. The van der Waals surface area contributed by atoms with E-state index in [0.717, 1.165) is 0 Å². The molecule has 3 rings (SSSR count). The van der Waals surface area contributed by atoms with E-state index in [9.17, 15) is 23.6 Å². The van der Waals surface area contributed by atoms with Crippen LogP contribution in [0, 0.1) is 11.8 Å². The average molecular weight is 599 g/mol. The van der Waals surface area contributed by atoms with E-state index in [2.05, 4.69) is 0 Å². The SMILES string of the molecule is CC(=O)OCC1OC(OP(=O)(CP(=O)(O)OCc2ccccc2)OCc2ccccc2)C(OC(C)=O)[C@@H](C)[C@@H]1C. The number of carbonyl (C=O) groups excluding carboxylic acids is 2. The Kier molecular flexibility index (Phi) is 11.7. The number of carbonyl (C=O) groups is 2. The minimum atomic E-state index is -4.53. The van der Waals surface area contributed by atoms with Crippen LogP contribution < -0.4 is 0 Å². The second-order valence-corrected chi connectivity index (χ2v) is 14.0. The quantitative estimate of drug-likeness (QED) is 0.238. The Labute approximate surface area is 234 Å². The lowest BCUT2D eigenvalue weighted by atomic mass is 9.83. The van der Waals surface area contributed by atoms with Crippen molar-refractivity contribution in [3.8, 4) is 0 Å². The van der Waals surface area contributed by atoms with E-state index in [1.807, 2.05) is 6.92 Å². The van der Waals surface area contributed by atoms with Crippen molar-refractivity contribution in [2.24, 2.45) is 11.8 Å². The number of hydrogen-bond donors (Lipinski definition) is 1. The molecule has 1 fully saturated rings. The predicted molar refractivity (Wildman–Crippen MR) is 145 cm³/mol. The number of benzene rings is 2. The molecule has 0 spiro atoms. The van der Waals surface area contributed by atoms with Crippen molar-refractivity contribution >= 4 is 27.1 Å². The first-order chi connectivity index (χ1) is 18.9. The molecule has 13 heteroatoms. The molecule has 1 N–H and O–H groups in total. The van der Waals surface area contributed by atoms with Crippen LogP contribution in [-0.4, -0.2) is 47.8 Å². The van der Waals surface area contributed by atoms with Crippen LogP contribution in [-0.2, 0) is 59.7 Å². The standard InChI is InChI=1S/C27H36O11P2/c1-19-20(2)26(36-22(4)29)27(37-25(19)17-33-21(3)28)38-40(32,35-16-24-13-9-6-10-14-24)18-39(30,31)34-15-23-11-7-5-8-12-23/h5-14,19-20,25-27H,15-18H2,1-4H3,(H,30,31)/t19-,20-,25?,26?,27?,40?/m0/s1. The molecule has 0 aromatic heterocycles. The Balaban J connectivity index is 1.86. The first-order valence-electron chi connectivity index (χ1n) is 12.8. The Morgan fingerprint density at radius 1 is 0.850 bits per heavy atom. The van der Waals surface area contributed by atoms with E-state index in [1.165, 1.54) is 13.8 Å². The van der Waals surface area contributed by atoms with Crippen molar-refractivity contribution in [3.63, 3.8) is 0 Å². The highest BCUT2D eigenvalue weighted by Gasteiger charge is 2.49. The van der Waals surface area contributed by atoms with Crippen molar-refractivity contribution in [1.29, 1.82) is 0 Å². The van der Waals surface area contributed by atoms with Gasteiger partial charge in [0.15, 0.2) is 12.0 Å². The van der Waals surface area contributed by atoms with Gasteiger partial charge in [0.2, 0.25) is 6.29 Å². The smallest absolute Gasteiger partial charge is 0.345 e. The summed E-state index contributed by atoms with van der Waals surface area (Å²) >= 11 is 0. The highest BCUT2D eigenvalue weighted by Crippen LogP contribution is 2.63. The largest absolute Gasteiger partial charge is 0.463 e. The monoisotopic (exact) mass is 598 g/mol. The van der Waals surface area contributed by atoms with Gasteiger partial charge in [-0.15, -0.1) is 0 Å². The second-order valence-electron chi connectivity index (χ2n) is 9.65. The van der Waals surface area contributed by atoms with Crippen LogP contribution in [0.3, 0.4) is 0 Å². The van der Waals surface area contributed by atoms with E-state index in [-0.39, 0.29) is 31.7 Å². The van der Waals surface area contributed by atoms with Crippen molar-refractivity contribution in [1.82, 2.24) is 0 Å². The summed E-state index contributed by atoms with van der Waals surface area (Å²) in [5, 5.41) is 0. The summed E-state index contributed by atoms with van der Waals surface area (Å²) in [4.78, 5) is 34.0. The molecule has 5 unspecified atom stereocenters. The Bertz CT molecular complexity index is 1210. The topological polar surface area (TPSA) is 144 Å². The van der Waals surface area contributed by atoms with Crippen LogP contribution in [0.2, 0.25) is 0 Å². The van der Waals surface area contributed by atoms with Crippen molar-refractivity contribution in [2.75, 3.05) is 12.5 Å². The van der Waals surface area contributed by atoms with Crippen molar-refractivity contribution in [3.05, 3.63) is 71.8 Å². The first kappa shape index (κ1) is 32.2. The summed E-state index contributed by atoms with van der Waals surface area (Å²) in [6, 6.07) is 17.5. The van der Waals surface area contributed by atoms with Gasteiger partial charge in [-0.1, -0.05) is 74.5 Å². The summed E-state index contributed by atoms with van der Waals surface area (Å²) < 4.78 is 60.5. The summed E-state index contributed by atoms with van der Waals surface area (Å²) in [7, 11) is -8.98. The molecule has 40 heavy (non-hydrogen) atoms. The molecule has 11 nitrogen and oxygen atoms in total. The molecule has 0 aliphatic carbocycles. The van der Waals surface area contributed by atoms with Crippen molar-refractivity contribution < 1.29 is 51.4 Å². The van der Waals surface area contributed by atoms with Gasteiger partial charge in [0.05, 0.1) is 19.3 Å². The molecule has 0 bridgehead atoms. The minimum absolute atomic E-state index is 0.124. The molecule has 2 aromatic rings. The maximum absolute atomic E-state index is 14.1. The molecule has 2 aromatic carbocycles. The molecule has 0 radical (unpaired) electrons. The Morgan fingerprint density at radius 2 is 1.40 bits per heavy atom. The third-order valence-electron chi connectivity index (χ3n) is 6.43. The van der Waals surface area contributed by atoms with Gasteiger partial charge >= 0.3 is 27.1 Å². The normalized spacial score (nSPS) is 25.8. The van der Waals surface area contributed by atoms with E-state index >= 15 is 0 Å². The lowest BCUT2D eigenvalue weighted by molar-refractivity contribution is -0.255. The fraction of sp³-hybridized carbons (Fsp3) is 0.481. The summed E-state index contributed by atoms with van der Waals surface area (Å²) in [6.45, 7) is 5.55. The van der Waals surface area contributed by atoms with Crippen LogP contribution in [0.25, 0.3) is 0 Å². The average Bonchev–Trinajstić information content (AvgIpc) is 2.90. The van der Waals surface area contributed by atoms with E-state index in [0.29, 0.717) is 11.1 Å². The molecule has 220 valence electrons. The molecule has 1 aliphatic rings. The zero-order valence-corrected chi connectivity index (χ0v) is 24.7. The van der Waals surface area contributed by atoms with E-state index < -0.39 is 51.5 Å². The summed E-state index contributed by atoms with van der Waals surface area (Å²) in [5.74, 6) is -2.77. The number of ether oxygens (including phenoxy) is 3. The van der Waals surface area contributed by atoms with Gasteiger partial charge in [0.25, 0.3) is 0 Å². The van der Waals surface area contributed by atoms with Crippen LogP contribution in [0.15, 0.2) is 60.7 Å². The van der Waals surface area contributed by atoms with Gasteiger partial charge in [-0.2, -0.15) is 0 Å². The summed E-state index contributed by atoms with van der Waals surface area (Å²) in [5.41, 5.74) is 1.28. The van der Waals surface area contributed by atoms with Crippen LogP contribution in [0.5, 0.6) is 0 Å². The van der Waals surface area contributed by atoms with Crippen molar-refractivity contribution in [2.45, 2.75) is 59.4 Å². The van der Waals surface area contributed by atoms with Gasteiger partial charge in [0.1, 0.15) is 6.61 Å². The third-order valence-corrected chi connectivity index (χ3v) is 10.8. The zero-order valence-electron chi connectivity index (χ0n) is 22.9.